The minimum absolute atomic E-state index is 0.269. The first-order valence-electron chi connectivity index (χ1n) is 5.17. The highest BCUT2D eigenvalue weighted by atomic mass is 16.4. The van der Waals surface area contributed by atoms with E-state index >= 15 is 0 Å². The van der Waals surface area contributed by atoms with E-state index in [2.05, 4.69) is 24.1 Å². The summed E-state index contributed by atoms with van der Waals surface area (Å²) in [6.45, 7) is 6.39. The Bertz CT molecular complexity index is 348. The molecule has 1 heterocycles. The minimum Gasteiger partial charge on any atom is -0.477 e. The van der Waals surface area contributed by atoms with Crippen molar-refractivity contribution in [1.29, 1.82) is 0 Å². The molecule has 17 heavy (non-hydrogen) atoms. The fourth-order valence-corrected chi connectivity index (χ4v) is 0.923. The quantitative estimate of drug-likeness (QED) is 0.728. The number of aromatic nitrogens is 1. The summed E-state index contributed by atoms with van der Waals surface area (Å²) in [6.07, 6.45) is 0. The Kier molecular flexibility index (Phi) is 7.29. The zero-order chi connectivity index (χ0) is 13.3. The summed E-state index contributed by atoms with van der Waals surface area (Å²) >= 11 is 0. The van der Waals surface area contributed by atoms with Crippen LogP contribution in [-0.2, 0) is 0 Å². The number of carboxylic acid groups (broad SMARTS) is 2. The van der Waals surface area contributed by atoms with Gasteiger partial charge in [0, 0.05) is 0 Å². The molecular weight excluding hydrogens is 224 g/mol. The van der Waals surface area contributed by atoms with Crippen molar-refractivity contribution in [2.45, 2.75) is 13.8 Å². The van der Waals surface area contributed by atoms with E-state index in [1.165, 1.54) is 18.2 Å². The van der Waals surface area contributed by atoms with E-state index < -0.39 is 11.9 Å². The van der Waals surface area contributed by atoms with Crippen LogP contribution >= 0.6 is 0 Å². The van der Waals surface area contributed by atoms with E-state index in [9.17, 15) is 9.59 Å². The summed E-state index contributed by atoms with van der Waals surface area (Å²) in [5.41, 5.74) is -0.537. The van der Waals surface area contributed by atoms with Crippen LogP contribution in [0, 0.1) is 0 Å². The van der Waals surface area contributed by atoms with E-state index in [0.717, 1.165) is 13.1 Å². The molecular formula is C11H16N2O4. The SMILES string of the molecule is CCNCC.O=C(O)c1cccc(C(=O)O)n1. The molecule has 94 valence electrons. The number of aromatic carboxylic acids is 2. The zero-order valence-electron chi connectivity index (χ0n) is 9.80. The molecule has 1 aromatic heterocycles. The molecule has 0 spiro atoms. The highest BCUT2D eigenvalue weighted by Crippen LogP contribution is 1.98. The molecule has 0 radical (unpaired) electrons. The van der Waals surface area contributed by atoms with Crippen LogP contribution in [0.15, 0.2) is 18.2 Å². The Morgan fingerprint density at radius 2 is 1.53 bits per heavy atom. The number of nitrogens with zero attached hydrogens (tertiary/aromatic N) is 1. The van der Waals surface area contributed by atoms with Crippen molar-refractivity contribution in [3.05, 3.63) is 29.6 Å². The van der Waals surface area contributed by atoms with Crippen molar-refractivity contribution in [3.8, 4) is 0 Å². The second-order valence-corrected chi connectivity index (χ2v) is 2.98. The molecule has 0 bridgehead atoms. The molecule has 0 aromatic carbocycles. The predicted molar refractivity (Wildman–Crippen MR) is 62.4 cm³/mol. The fraction of sp³-hybridized carbons (Fsp3) is 0.364. The van der Waals surface area contributed by atoms with Crippen LogP contribution in [0.1, 0.15) is 34.8 Å². The maximum atomic E-state index is 10.3. The number of nitrogens with one attached hydrogen (secondary N) is 1. The average Bonchev–Trinajstić information content (AvgIpc) is 2.31. The van der Waals surface area contributed by atoms with Crippen LogP contribution < -0.4 is 5.32 Å². The lowest BCUT2D eigenvalue weighted by molar-refractivity contribution is 0.0685. The number of pyridine rings is 1. The molecule has 0 amide bonds. The smallest absolute Gasteiger partial charge is 0.354 e. The summed E-state index contributed by atoms with van der Waals surface area (Å²) < 4.78 is 0. The first-order chi connectivity index (χ1) is 8.02. The third-order valence-electron chi connectivity index (χ3n) is 1.69. The molecule has 0 aliphatic rings. The topological polar surface area (TPSA) is 99.5 Å². The van der Waals surface area contributed by atoms with Gasteiger partial charge in [-0.2, -0.15) is 0 Å². The lowest BCUT2D eigenvalue weighted by atomic mass is 10.3. The Hall–Kier alpha value is -1.95. The first kappa shape index (κ1) is 15.0. The highest BCUT2D eigenvalue weighted by Gasteiger charge is 2.08. The Labute approximate surface area is 99.3 Å². The highest BCUT2D eigenvalue weighted by molar-refractivity contribution is 5.89. The molecule has 0 unspecified atom stereocenters. The molecule has 3 N–H and O–H groups in total. The molecule has 1 rings (SSSR count). The molecule has 0 aliphatic carbocycles. The summed E-state index contributed by atoms with van der Waals surface area (Å²) in [7, 11) is 0. The average molecular weight is 240 g/mol. The number of carboxylic acids is 2. The Morgan fingerprint density at radius 3 is 1.76 bits per heavy atom. The number of hydrogen-bond acceptors (Lipinski definition) is 4. The first-order valence-corrected chi connectivity index (χ1v) is 5.17. The molecule has 0 atom stereocenters. The largest absolute Gasteiger partial charge is 0.477 e. The van der Waals surface area contributed by atoms with Gasteiger partial charge < -0.3 is 15.5 Å². The zero-order valence-corrected chi connectivity index (χ0v) is 9.80. The van der Waals surface area contributed by atoms with Crippen molar-refractivity contribution >= 4 is 11.9 Å². The Morgan fingerprint density at radius 1 is 1.12 bits per heavy atom. The van der Waals surface area contributed by atoms with Crippen LogP contribution in [0.2, 0.25) is 0 Å². The lowest BCUT2D eigenvalue weighted by Gasteiger charge is -1.94. The van der Waals surface area contributed by atoms with Gasteiger partial charge in [0.1, 0.15) is 11.4 Å². The normalized spacial score (nSPS) is 9.06. The van der Waals surface area contributed by atoms with Crippen LogP contribution in [0.4, 0.5) is 0 Å². The second-order valence-electron chi connectivity index (χ2n) is 2.98. The lowest BCUT2D eigenvalue weighted by Crippen LogP contribution is -2.09. The minimum atomic E-state index is -1.24. The molecule has 1 aromatic rings. The van der Waals surface area contributed by atoms with E-state index in [0.29, 0.717) is 0 Å². The van der Waals surface area contributed by atoms with E-state index in [-0.39, 0.29) is 11.4 Å². The molecule has 6 heteroatoms. The fourth-order valence-electron chi connectivity index (χ4n) is 0.923. The van der Waals surface area contributed by atoms with Gasteiger partial charge in [-0.1, -0.05) is 19.9 Å². The van der Waals surface area contributed by atoms with Crippen molar-refractivity contribution in [2.75, 3.05) is 13.1 Å². The second kappa shape index (κ2) is 8.23. The molecule has 0 saturated heterocycles. The number of hydrogen-bond donors (Lipinski definition) is 3. The van der Waals surface area contributed by atoms with Crippen LogP contribution in [-0.4, -0.2) is 40.2 Å². The van der Waals surface area contributed by atoms with Crippen LogP contribution in [0.5, 0.6) is 0 Å². The van der Waals surface area contributed by atoms with Gasteiger partial charge in [-0.15, -0.1) is 0 Å². The van der Waals surface area contributed by atoms with Crippen LogP contribution in [0.25, 0.3) is 0 Å². The predicted octanol–water partition coefficient (Wildman–Crippen LogP) is 1.09. The molecule has 0 fully saturated rings. The third-order valence-corrected chi connectivity index (χ3v) is 1.69. The summed E-state index contributed by atoms with van der Waals surface area (Å²) in [4.78, 5) is 24.0. The van der Waals surface area contributed by atoms with E-state index in [1.807, 2.05) is 0 Å². The molecule has 0 aliphatic heterocycles. The summed E-state index contributed by atoms with van der Waals surface area (Å²) in [5.74, 6) is -2.48. The van der Waals surface area contributed by atoms with Crippen molar-refractivity contribution in [3.63, 3.8) is 0 Å². The molecule has 6 nitrogen and oxygen atoms in total. The van der Waals surface area contributed by atoms with Gasteiger partial charge in [-0.3, -0.25) is 0 Å². The van der Waals surface area contributed by atoms with Gasteiger partial charge in [-0.25, -0.2) is 14.6 Å². The van der Waals surface area contributed by atoms with Gasteiger partial charge in [-0.05, 0) is 25.2 Å². The van der Waals surface area contributed by atoms with Gasteiger partial charge in [0.25, 0.3) is 0 Å². The van der Waals surface area contributed by atoms with E-state index in [4.69, 9.17) is 10.2 Å². The van der Waals surface area contributed by atoms with Crippen LogP contribution in [0.3, 0.4) is 0 Å². The standard InChI is InChI=1S/C7H5NO4.C4H11N/c9-6(10)4-2-1-3-5(8-4)7(11)12;1-3-5-4-2/h1-3H,(H,9,10)(H,11,12);5H,3-4H2,1-2H3. The number of rotatable bonds is 4. The maximum Gasteiger partial charge on any atom is 0.354 e. The summed E-state index contributed by atoms with van der Waals surface area (Å²) in [5, 5.41) is 20.0. The van der Waals surface area contributed by atoms with E-state index in [1.54, 1.807) is 0 Å². The molecule has 0 saturated carbocycles. The summed E-state index contributed by atoms with van der Waals surface area (Å²) in [6, 6.07) is 3.80. The van der Waals surface area contributed by atoms with Gasteiger partial charge in [0.05, 0.1) is 0 Å². The third kappa shape index (κ3) is 6.26. The van der Waals surface area contributed by atoms with Crippen molar-refractivity contribution in [2.24, 2.45) is 0 Å². The Balaban J connectivity index is 0.000000437. The van der Waals surface area contributed by atoms with Gasteiger partial charge in [0.15, 0.2) is 0 Å². The van der Waals surface area contributed by atoms with Gasteiger partial charge in [0.2, 0.25) is 0 Å². The monoisotopic (exact) mass is 240 g/mol. The van der Waals surface area contributed by atoms with Gasteiger partial charge >= 0.3 is 11.9 Å². The van der Waals surface area contributed by atoms with Crippen molar-refractivity contribution in [1.82, 2.24) is 10.3 Å². The number of carbonyl (C=O) groups is 2. The van der Waals surface area contributed by atoms with Crippen molar-refractivity contribution < 1.29 is 19.8 Å². The maximum absolute atomic E-state index is 10.3.